The van der Waals surface area contributed by atoms with E-state index < -0.39 is 11.9 Å². The maximum atomic E-state index is 13.8. The Kier molecular flexibility index (Phi) is 4.70. The number of carbonyl (C=O) groups is 2. The van der Waals surface area contributed by atoms with Crippen molar-refractivity contribution in [2.75, 3.05) is 18.1 Å². The number of amides is 3. The number of nitrogens with zero attached hydrogens (tertiary/aromatic N) is 2. The fraction of sp³-hybridized carbons (Fsp3) is 0.579. The summed E-state index contributed by atoms with van der Waals surface area (Å²) in [6.07, 6.45) is 5.77. The number of nitrogens with one attached hydrogen (secondary N) is 1. The molecule has 1 saturated carbocycles. The van der Waals surface area contributed by atoms with Gasteiger partial charge in [-0.25, -0.2) is 14.0 Å². The highest BCUT2D eigenvalue weighted by molar-refractivity contribution is 5.91. The summed E-state index contributed by atoms with van der Waals surface area (Å²) in [5, 5.41) is 3.15. The predicted molar refractivity (Wildman–Crippen MR) is 94.4 cm³/mol. The Labute approximate surface area is 152 Å². The largest absolute Gasteiger partial charge is 0.447 e. The minimum Gasteiger partial charge on any atom is -0.447 e. The van der Waals surface area contributed by atoms with Crippen LogP contribution in [0.5, 0.6) is 0 Å². The molecule has 1 atom stereocenters. The lowest BCUT2D eigenvalue weighted by molar-refractivity contribution is 0.175. The molecule has 0 radical (unpaired) electrons. The molecule has 7 heteroatoms. The maximum Gasteiger partial charge on any atom is 0.414 e. The molecule has 6 nitrogen and oxygen atoms in total. The molecule has 1 saturated heterocycles. The van der Waals surface area contributed by atoms with E-state index in [1.807, 2.05) is 0 Å². The Hall–Kier alpha value is -2.31. The minimum absolute atomic E-state index is 0.0779. The zero-order valence-corrected chi connectivity index (χ0v) is 14.7. The first-order valence-corrected chi connectivity index (χ1v) is 9.41. The van der Waals surface area contributed by atoms with Crippen molar-refractivity contribution in [3.8, 4) is 0 Å². The fourth-order valence-corrected chi connectivity index (χ4v) is 4.14. The van der Waals surface area contributed by atoms with E-state index in [1.54, 1.807) is 11.0 Å². The Morgan fingerprint density at radius 2 is 2.00 bits per heavy atom. The Morgan fingerprint density at radius 3 is 2.81 bits per heavy atom. The molecule has 3 aliphatic rings. The molecule has 26 heavy (non-hydrogen) atoms. The minimum atomic E-state index is -0.443. The lowest BCUT2D eigenvalue weighted by atomic mass is 9.96. The molecule has 140 valence electrons. The quantitative estimate of drug-likeness (QED) is 0.834. The van der Waals surface area contributed by atoms with Gasteiger partial charge in [0.05, 0.1) is 11.7 Å². The normalized spacial score (nSPS) is 23.6. The van der Waals surface area contributed by atoms with Gasteiger partial charge in [-0.15, -0.1) is 0 Å². The van der Waals surface area contributed by atoms with E-state index in [9.17, 15) is 14.0 Å². The molecule has 1 unspecified atom stereocenters. The van der Waals surface area contributed by atoms with Crippen molar-refractivity contribution >= 4 is 17.8 Å². The zero-order chi connectivity index (χ0) is 18.1. The number of benzene rings is 1. The van der Waals surface area contributed by atoms with E-state index in [1.165, 1.54) is 23.5 Å². The molecule has 1 aliphatic carbocycles. The van der Waals surface area contributed by atoms with E-state index in [4.69, 9.17) is 4.74 Å². The number of carbonyl (C=O) groups excluding carboxylic acids is 2. The molecule has 2 fully saturated rings. The van der Waals surface area contributed by atoms with Gasteiger partial charge in [0, 0.05) is 19.1 Å². The molecule has 1 aromatic rings. The Bertz CT molecular complexity index is 705. The summed E-state index contributed by atoms with van der Waals surface area (Å²) in [4.78, 5) is 28.2. The highest BCUT2D eigenvalue weighted by Crippen LogP contribution is 2.32. The monoisotopic (exact) mass is 361 g/mol. The van der Waals surface area contributed by atoms with Gasteiger partial charge in [-0.1, -0.05) is 25.3 Å². The molecule has 0 bridgehead atoms. The van der Waals surface area contributed by atoms with Crippen molar-refractivity contribution in [3.05, 3.63) is 29.6 Å². The molecule has 0 aromatic heterocycles. The van der Waals surface area contributed by atoms with Gasteiger partial charge < -0.3 is 15.0 Å². The summed E-state index contributed by atoms with van der Waals surface area (Å²) in [7, 11) is 0. The van der Waals surface area contributed by atoms with E-state index in [2.05, 4.69) is 5.32 Å². The first kappa shape index (κ1) is 17.1. The molecule has 2 heterocycles. The highest BCUT2D eigenvalue weighted by atomic mass is 19.1. The standard InChI is InChI=1S/C19H24FN3O3/c20-14-7-6-13-11-22(18(24)21-15-4-2-1-3-5-15)9-8-16-12-26-19(25)23(16)17(13)10-14/h6-7,10,15-16H,1-5,8-9,11-12H2,(H,21,24). The van der Waals surface area contributed by atoms with E-state index in [0.717, 1.165) is 31.2 Å². The van der Waals surface area contributed by atoms with Crippen LogP contribution < -0.4 is 10.2 Å². The number of anilines is 1. The first-order valence-electron chi connectivity index (χ1n) is 9.41. The number of hydrogen-bond acceptors (Lipinski definition) is 3. The third-order valence-corrected chi connectivity index (χ3v) is 5.58. The van der Waals surface area contributed by atoms with Crippen LogP contribution in [0.4, 0.5) is 19.7 Å². The van der Waals surface area contributed by atoms with Crippen LogP contribution in [0.1, 0.15) is 44.1 Å². The van der Waals surface area contributed by atoms with E-state index in [-0.39, 0.29) is 24.7 Å². The molecule has 1 aromatic carbocycles. The van der Waals surface area contributed by atoms with Crippen molar-refractivity contribution in [1.29, 1.82) is 0 Å². The SMILES string of the molecule is O=C(NC1CCCCC1)N1CCC2COC(=O)N2c2cc(F)ccc2C1. The van der Waals surface area contributed by atoms with Gasteiger partial charge in [-0.2, -0.15) is 0 Å². The highest BCUT2D eigenvalue weighted by Gasteiger charge is 2.38. The average Bonchev–Trinajstić information content (AvgIpc) is 2.98. The second-order valence-corrected chi connectivity index (χ2v) is 7.37. The summed E-state index contributed by atoms with van der Waals surface area (Å²) in [5.41, 5.74) is 1.27. The predicted octanol–water partition coefficient (Wildman–Crippen LogP) is 3.40. The number of rotatable bonds is 1. The number of ether oxygens (including phenoxy) is 1. The molecule has 0 spiro atoms. The lowest BCUT2D eigenvalue weighted by Gasteiger charge is -2.33. The van der Waals surface area contributed by atoms with Crippen molar-refractivity contribution in [2.45, 2.75) is 57.2 Å². The topological polar surface area (TPSA) is 61.9 Å². The first-order chi connectivity index (χ1) is 12.6. The van der Waals surface area contributed by atoms with Crippen molar-refractivity contribution in [3.63, 3.8) is 0 Å². The average molecular weight is 361 g/mol. The molecule has 1 N–H and O–H groups in total. The van der Waals surface area contributed by atoms with Gasteiger partial charge in [0.25, 0.3) is 0 Å². The van der Waals surface area contributed by atoms with E-state index >= 15 is 0 Å². The Morgan fingerprint density at radius 1 is 1.19 bits per heavy atom. The Balaban J connectivity index is 1.56. The third-order valence-electron chi connectivity index (χ3n) is 5.58. The van der Waals surface area contributed by atoms with Crippen molar-refractivity contribution in [1.82, 2.24) is 10.2 Å². The molecule has 3 amide bonds. The summed E-state index contributed by atoms with van der Waals surface area (Å²) in [5.74, 6) is -0.402. The van der Waals surface area contributed by atoms with Gasteiger partial charge in [0.1, 0.15) is 12.4 Å². The molecule has 2 aliphatic heterocycles. The van der Waals surface area contributed by atoms with Gasteiger partial charge in [0.2, 0.25) is 0 Å². The fourth-order valence-electron chi connectivity index (χ4n) is 4.14. The van der Waals surface area contributed by atoms with Crippen molar-refractivity contribution < 1.29 is 18.7 Å². The van der Waals surface area contributed by atoms with Crippen LogP contribution in [-0.4, -0.2) is 42.3 Å². The van der Waals surface area contributed by atoms with Crippen LogP contribution in [0.25, 0.3) is 0 Å². The number of halogens is 1. The summed E-state index contributed by atoms with van der Waals surface area (Å²) in [6.45, 7) is 1.16. The number of hydrogen-bond donors (Lipinski definition) is 1. The van der Waals surface area contributed by atoms with Crippen LogP contribution in [0.2, 0.25) is 0 Å². The van der Waals surface area contributed by atoms with Crippen LogP contribution in [0.15, 0.2) is 18.2 Å². The summed E-state index contributed by atoms with van der Waals surface area (Å²) >= 11 is 0. The van der Waals surface area contributed by atoms with Crippen LogP contribution in [0, 0.1) is 5.82 Å². The molecule has 4 rings (SSSR count). The van der Waals surface area contributed by atoms with Crippen LogP contribution in [-0.2, 0) is 11.3 Å². The number of cyclic esters (lactones) is 1. The van der Waals surface area contributed by atoms with Gasteiger partial charge >= 0.3 is 12.1 Å². The van der Waals surface area contributed by atoms with E-state index in [0.29, 0.717) is 25.2 Å². The van der Waals surface area contributed by atoms with Gasteiger partial charge in [-0.05, 0) is 37.0 Å². The summed E-state index contributed by atoms with van der Waals surface area (Å²) < 4.78 is 19.0. The lowest BCUT2D eigenvalue weighted by Crippen LogP contribution is -2.48. The third kappa shape index (κ3) is 3.34. The summed E-state index contributed by atoms with van der Waals surface area (Å²) in [6, 6.07) is 4.37. The second kappa shape index (κ2) is 7.13. The van der Waals surface area contributed by atoms with Crippen LogP contribution >= 0.6 is 0 Å². The molecular formula is C19H24FN3O3. The number of fused-ring (bicyclic) bond motifs is 3. The van der Waals surface area contributed by atoms with Crippen LogP contribution in [0.3, 0.4) is 0 Å². The van der Waals surface area contributed by atoms with Crippen molar-refractivity contribution in [2.24, 2.45) is 0 Å². The maximum absolute atomic E-state index is 13.8. The smallest absolute Gasteiger partial charge is 0.414 e. The van der Waals surface area contributed by atoms with Gasteiger partial charge in [-0.3, -0.25) is 4.90 Å². The second-order valence-electron chi connectivity index (χ2n) is 7.37. The molecular weight excluding hydrogens is 337 g/mol. The number of urea groups is 1. The zero-order valence-electron chi connectivity index (χ0n) is 14.7. The van der Waals surface area contributed by atoms with Gasteiger partial charge in [0.15, 0.2) is 0 Å².